The van der Waals surface area contributed by atoms with Gasteiger partial charge in [0.25, 0.3) is 0 Å². The number of carbonyl (C=O) groups is 2. The van der Waals surface area contributed by atoms with Crippen molar-refractivity contribution in [3.05, 3.63) is 0 Å². The van der Waals surface area contributed by atoms with Crippen LogP contribution in [-0.2, 0) is 19.1 Å². The number of hydrogen-bond acceptors (Lipinski definition) is 4. The minimum absolute atomic E-state index is 0.104. The summed E-state index contributed by atoms with van der Waals surface area (Å²) in [5.74, 6) is -1.10. The van der Waals surface area contributed by atoms with Crippen molar-refractivity contribution in [2.75, 3.05) is 26.4 Å². The van der Waals surface area contributed by atoms with Crippen LogP contribution in [0.3, 0.4) is 0 Å². The van der Waals surface area contributed by atoms with Crippen LogP contribution in [-0.4, -0.2) is 49.5 Å². The van der Waals surface area contributed by atoms with E-state index in [0.29, 0.717) is 13.2 Å². The largest absolute Gasteiger partial charge is 0.480 e. The van der Waals surface area contributed by atoms with E-state index in [4.69, 9.17) is 14.6 Å². The van der Waals surface area contributed by atoms with Crippen molar-refractivity contribution in [2.24, 2.45) is 0 Å². The maximum atomic E-state index is 10.5. The summed E-state index contributed by atoms with van der Waals surface area (Å²) in [5.41, 5.74) is 0. The Labute approximate surface area is 88.6 Å². The predicted octanol–water partition coefficient (Wildman–Crippen LogP) is -0.371. The Balaban J connectivity index is 3.27. The molecule has 0 fully saturated rings. The van der Waals surface area contributed by atoms with Crippen LogP contribution in [0.2, 0.25) is 0 Å². The highest BCUT2D eigenvalue weighted by molar-refractivity contribution is 5.72. The molecule has 0 aliphatic heterocycles. The molecule has 15 heavy (non-hydrogen) atoms. The van der Waals surface area contributed by atoms with Crippen LogP contribution in [0.5, 0.6) is 0 Å². The number of hydrogen-bond donors (Lipinski definition) is 2. The van der Waals surface area contributed by atoms with Crippen molar-refractivity contribution in [2.45, 2.75) is 20.0 Å². The summed E-state index contributed by atoms with van der Waals surface area (Å²) in [6.45, 7) is 3.91. The van der Waals surface area contributed by atoms with Gasteiger partial charge >= 0.3 is 5.97 Å². The maximum absolute atomic E-state index is 10.5. The minimum Gasteiger partial charge on any atom is -0.480 e. The van der Waals surface area contributed by atoms with Gasteiger partial charge in [-0.25, -0.2) is 4.79 Å². The first kappa shape index (κ1) is 13.9. The highest BCUT2D eigenvalue weighted by atomic mass is 16.5. The molecular formula is C9H17NO5. The maximum Gasteiger partial charge on any atom is 0.329 e. The molecule has 0 saturated carbocycles. The van der Waals surface area contributed by atoms with Crippen molar-refractivity contribution in [1.82, 2.24) is 5.32 Å². The third-order valence-electron chi connectivity index (χ3n) is 1.49. The first-order chi connectivity index (χ1) is 7.02. The van der Waals surface area contributed by atoms with Gasteiger partial charge in [-0.15, -0.1) is 0 Å². The second-order valence-corrected chi connectivity index (χ2v) is 3.06. The quantitative estimate of drug-likeness (QED) is 0.544. The average molecular weight is 219 g/mol. The first-order valence-electron chi connectivity index (χ1n) is 4.68. The van der Waals surface area contributed by atoms with Crippen molar-refractivity contribution in [3.8, 4) is 0 Å². The number of nitrogens with one attached hydrogen (secondary N) is 1. The molecule has 0 heterocycles. The summed E-state index contributed by atoms with van der Waals surface area (Å²) < 4.78 is 10.0. The first-order valence-corrected chi connectivity index (χ1v) is 4.68. The topological polar surface area (TPSA) is 84.9 Å². The summed E-state index contributed by atoms with van der Waals surface area (Å²) in [6.07, 6.45) is -0.109. The molecule has 1 atom stereocenters. The third-order valence-corrected chi connectivity index (χ3v) is 1.49. The predicted molar refractivity (Wildman–Crippen MR) is 52.6 cm³/mol. The normalized spacial score (nSPS) is 12.1. The standard InChI is InChI=1S/C9H17NO5/c1-7(5-10-8(2)11)15-4-3-14-6-9(12)13/h7H,3-6H2,1-2H3,(H,10,11)(H,12,13). The van der Waals surface area contributed by atoms with E-state index in [1.807, 2.05) is 6.92 Å². The number of amides is 1. The molecule has 0 aromatic heterocycles. The third kappa shape index (κ3) is 10.8. The zero-order valence-corrected chi connectivity index (χ0v) is 8.99. The molecule has 1 amide bonds. The average Bonchev–Trinajstić information content (AvgIpc) is 2.13. The molecule has 0 radical (unpaired) electrons. The lowest BCUT2D eigenvalue weighted by Crippen LogP contribution is -2.31. The lowest BCUT2D eigenvalue weighted by Gasteiger charge is -2.12. The van der Waals surface area contributed by atoms with Gasteiger partial charge in [-0.2, -0.15) is 0 Å². The van der Waals surface area contributed by atoms with Crippen LogP contribution in [0.25, 0.3) is 0 Å². The number of rotatable bonds is 8. The Hall–Kier alpha value is -1.14. The molecule has 0 aliphatic carbocycles. The van der Waals surface area contributed by atoms with Crippen molar-refractivity contribution in [3.63, 3.8) is 0 Å². The molecule has 0 saturated heterocycles. The zero-order valence-electron chi connectivity index (χ0n) is 8.99. The van der Waals surface area contributed by atoms with E-state index in [2.05, 4.69) is 5.32 Å². The van der Waals surface area contributed by atoms with Gasteiger partial charge in [0.1, 0.15) is 6.61 Å². The SMILES string of the molecule is CC(=O)NCC(C)OCCOCC(=O)O. The summed E-state index contributed by atoms with van der Waals surface area (Å²) in [5, 5.41) is 10.9. The molecule has 0 aromatic carbocycles. The van der Waals surface area contributed by atoms with Crippen LogP contribution in [0.1, 0.15) is 13.8 Å². The number of carboxylic acid groups (broad SMARTS) is 1. The fourth-order valence-corrected chi connectivity index (χ4v) is 0.814. The Morgan fingerprint density at radius 1 is 1.40 bits per heavy atom. The number of carbonyl (C=O) groups excluding carboxylic acids is 1. The van der Waals surface area contributed by atoms with Crippen LogP contribution in [0, 0.1) is 0 Å². The lowest BCUT2D eigenvalue weighted by atomic mass is 10.4. The molecule has 0 aromatic rings. The Morgan fingerprint density at radius 2 is 2.07 bits per heavy atom. The monoisotopic (exact) mass is 219 g/mol. The van der Waals surface area contributed by atoms with E-state index >= 15 is 0 Å². The molecule has 1 unspecified atom stereocenters. The van der Waals surface area contributed by atoms with E-state index < -0.39 is 5.97 Å². The number of aliphatic carboxylic acids is 1. The Bertz CT molecular complexity index is 207. The fourth-order valence-electron chi connectivity index (χ4n) is 0.814. The molecule has 6 nitrogen and oxygen atoms in total. The minimum atomic E-state index is -0.999. The molecule has 0 rings (SSSR count). The Morgan fingerprint density at radius 3 is 2.60 bits per heavy atom. The van der Waals surface area contributed by atoms with Gasteiger partial charge in [0.2, 0.25) is 5.91 Å². The van der Waals surface area contributed by atoms with E-state index in [9.17, 15) is 9.59 Å². The molecular weight excluding hydrogens is 202 g/mol. The van der Waals surface area contributed by atoms with Crippen molar-refractivity contribution in [1.29, 1.82) is 0 Å². The highest BCUT2D eigenvalue weighted by Gasteiger charge is 2.02. The van der Waals surface area contributed by atoms with E-state index in [1.54, 1.807) is 0 Å². The molecule has 88 valence electrons. The second-order valence-electron chi connectivity index (χ2n) is 3.06. The van der Waals surface area contributed by atoms with Gasteiger partial charge in [0.05, 0.1) is 19.3 Å². The summed E-state index contributed by atoms with van der Waals surface area (Å²) >= 11 is 0. The van der Waals surface area contributed by atoms with E-state index in [0.717, 1.165) is 0 Å². The molecule has 6 heteroatoms. The van der Waals surface area contributed by atoms with Crippen molar-refractivity contribution >= 4 is 11.9 Å². The zero-order chi connectivity index (χ0) is 11.7. The lowest BCUT2D eigenvalue weighted by molar-refractivity contribution is -0.143. The Kier molecular flexibility index (Phi) is 7.57. The van der Waals surface area contributed by atoms with Gasteiger partial charge in [-0.05, 0) is 6.92 Å². The number of ether oxygens (including phenoxy) is 2. The fraction of sp³-hybridized carbons (Fsp3) is 0.778. The van der Waals surface area contributed by atoms with Crippen LogP contribution >= 0.6 is 0 Å². The summed E-state index contributed by atoms with van der Waals surface area (Å²) in [7, 11) is 0. The van der Waals surface area contributed by atoms with Gasteiger partial charge in [0, 0.05) is 13.5 Å². The number of carboxylic acids is 1. The second kappa shape index (κ2) is 8.19. The van der Waals surface area contributed by atoms with Crippen molar-refractivity contribution < 1.29 is 24.2 Å². The highest BCUT2D eigenvalue weighted by Crippen LogP contribution is 1.88. The summed E-state index contributed by atoms with van der Waals surface area (Å²) in [6, 6.07) is 0. The summed E-state index contributed by atoms with van der Waals surface area (Å²) in [4.78, 5) is 20.6. The van der Waals surface area contributed by atoms with Gasteiger partial charge in [0.15, 0.2) is 0 Å². The molecule has 0 spiro atoms. The van der Waals surface area contributed by atoms with Crippen LogP contribution in [0.15, 0.2) is 0 Å². The smallest absolute Gasteiger partial charge is 0.329 e. The van der Waals surface area contributed by atoms with Crippen LogP contribution in [0.4, 0.5) is 0 Å². The molecule has 2 N–H and O–H groups in total. The molecule has 0 aliphatic rings. The van der Waals surface area contributed by atoms with Gasteiger partial charge in [-0.3, -0.25) is 4.79 Å². The van der Waals surface area contributed by atoms with E-state index in [-0.39, 0.29) is 25.2 Å². The van der Waals surface area contributed by atoms with Gasteiger partial charge in [-0.1, -0.05) is 0 Å². The molecule has 0 bridgehead atoms. The van der Waals surface area contributed by atoms with E-state index in [1.165, 1.54) is 6.92 Å². The van der Waals surface area contributed by atoms with Crippen LogP contribution < -0.4 is 5.32 Å². The van der Waals surface area contributed by atoms with Gasteiger partial charge < -0.3 is 19.9 Å².